The zero-order valence-corrected chi connectivity index (χ0v) is 14.0. The number of anilines is 2. The van der Waals surface area contributed by atoms with Gasteiger partial charge in [-0.25, -0.2) is 0 Å². The maximum atomic E-state index is 12.0. The maximum absolute atomic E-state index is 12.0. The molecular formula is C19H22N2O3. The first-order chi connectivity index (χ1) is 11.6. The number of carbonyl (C=O) groups excluding carboxylic acids is 2. The summed E-state index contributed by atoms with van der Waals surface area (Å²) in [6, 6.07) is 16.5. The summed E-state index contributed by atoms with van der Waals surface area (Å²) in [5, 5.41) is 2.82. The van der Waals surface area contributed by atoms with Gasteiger partial charge in [0.15, 0.2) is 0 Å². The van der Waals surface area contributed by atoms with Crippen molar-refractivity contribution in [3.05, 3.63) is 54.6 Å². The van der Waals surface area contributed by atoms with Gasteiger partial charge in [-0.3, -0.25) is 9.59 Å². The Morgan fingerprint density at radius 2 is 1.71 bits per heavy atom. The second-order valence-electron chi connectivity index (χ2n) is 5.26. The fourth-order valence-corrected chi connectivity index (χ4v) is 2.32. The molecule has 0 fully saturated rings. The minimum absolute atomic E-state index is 0.105. The molecule has 0 heterocycles. The van der Waals surface area contributed by atoms with Crippen LogP contribution in [0.15, 0.2) is 54.6 Å². The summed E-state index contributed by atoms with van der Waals surface area (Å²) in [5.41, 5.74) is 1.50. The van der Waals surface area contributed by atoms with Crippen LogP contribution in [-0.4, -0.2) is 25.0 Å². The Morgan fingerprint density at radius 3 is 2.29 bits per heavy atom. The van der Waals surface area contributed by atoms with Crippen LogP contribution < -0.4 is 15.0 Å². The van der Waals surface area contributed by atoms with E-state index in [1.807, 2.05) is 61.5 Å². The molecule has 0 aliphatic heterocycles. The van der Waals surface area contributed by atoms with Crippen molar-refractivity contribution in [2.45, 2.75) is 20.3 Å². The monoisotopic (exact) mass is 326 g/mol. The van der Waals surface area contributed by atoms with Gasteiger partial charge in [-0.15, -0.1) is 0 Å². The molecule has 0 radical (unpaired) electrons. The lowest BCUT2D eigenvalue weighted by Crippen LogP contribution is -2.31. The van der Waals surface area contributed by atoms with E-state index in [1.165, 1.54) is 6.92 Å². The number of amides is 2. The lowest BCUT2D eigenvalue weighted by molar-refractivity contribution is -0.117. The van der Waals surface area contributed by atoms with E-state index in [2.05, 4.69) is 5.32 Å². The standard InChI is InChI=1S/C19H22N2O3/c1-3-24-18-11-9-17(10-12-18)21(15(2)22)14-13-19(23)20-16-7-5-4-6-8-16/h4-12H,3,13-14H2,1-2H3,(H,20,23). The van der Waals surface area contributed by atoms with Gasteiger partial charge in [-0.1, -0.05) is 18.2 Å². The van der Waals surface area contributed by atoms with Crippen molar-refractivity contribution in [3.8, 4) is 5.75 Å². The third-order valence-corrected chi connectivity index (χ3v) is 3.46. The van der Waals surface area contributed by atoms with E-state index in [1.54, 1.807) is 4.90 Å². The molecule has 24 heavy (non-hydrogen) atoms. The van der Waals surface area contributed by atoms with Crippen LogP contribution in [0.3, 0.4) is 0 Å². The number of hydrogen-bond donors (Lipinski definition) is 1. The number of ether oxygens (including phenoxy) is 1. The van der Waals surface area contributed by atoms with Crippen LogP contribution in [-0.2, 0) is 9.59 Å². The number of rotatable bonds is 7. The zero-order valence-electron chi connectivity index (χ0n) is 14.0. The van der Waals surface area contributed by atoms with Gasteiger partial charge in [0.25, 0.3) is 0 Å². The SMILES string of the molecule is CCOc1ccc(N(CCC(=O)Nc2ccccc2)C(C)=O)cc1. The number of para-hydroxylation sites is 1. The zero-order chi connectivity index (χ0) is 17.4. The molecule has 0 aromatic heterocycles. The fraction of sp³-hybridized carbons (Fsp3) is 0.263. The Labute approximate surface area is 142 Å². The molecule has 0 aliphatic rings. The largest absolute Gasteiger partial charge is 0.494 e. The topological polar surface area (TPSA) is 58.6 Å². The van der Waals surface area contributed by atoms with Crippen LogP contribution in [0.4, 0.5) is 11.4 Å². The van der Waals surface area contributed by atoms with Crippen molar-refractivity contribution in [2.75, 3.05) is 23.4 Å². The highest BCUT2D eigenvalue weighted by molar-refractivity contribution is 5.94. The van der Waals surface area contributed by atoms with Crippen LogP contribution in [0.2, 0.25) is 0 Å². The minimum Gasteiger partial charge on any atom is -0.494 e. The number of carbonyl (C=O) groups is 2. The van der Waals surface area contributed by atoms with Gasteiger partial charge in [0.05, 0.1) is 6.61 Å². The average Bonchev–Trinajstić information content (AvgIpc) is 2.57. The Hall–Kier alpha value is -2.82. The van der Waals surface area contributed by atoms with Crippen molar-refractivity contribution < 1.29 is 14.3 Å². The van der Waals surface area contributed by atoms with Crippen molar-refractivity contribution in [2.24, 2.45) is 0 Å². The Kier molecular flexibility index (Phi) is 6.37. The lowest BCUT2D eigenvalue weighted by atomic mass is 10.2. The molecule has 0 atom stereocenters. The molecule has 0 saturated heterocycles. The number of hydrogen-bond acceptors (Lipinski definition) is 3. The molecule has 2 aromatic rings. The Balaban J connectivity index is 1.96. The lowest BCUT2D eigenvalue weighted by Gasteiger charge is -2.21. The molecular weight excluding hydrogens is 304 g/mol. The van der Waals surface area contributed by atoms with Gasteiger partial charge in [-0.2, -0.15) is 0 Å². The van der Waals surface area contributed by atoms with Crippen molar-refractivity contribution in [1.29, 1.82) is 0 Å². The summed E-state index contributed by atoms with van der Waals surface area (Å²) >= 11 is 0. The molecule has 2 aromatic carbocycles. The quantitative estimate of drug-likeness (QED) is 0.847. The van der Waals surface area contributed by atoms with Crippen molar-refractivity contribution >= 4 is 23.2 Å². The summed E-state index contributed by atoms with van der Waals surface area (Å²) in [7, 11) is 0. The minimum atomic E-state index is -0.126. The molecule has 0 unspecified atom stereocenters. The summed E-state index contributed by atoms with van der Waals surface area (Å²) < 4.78 is 5.40. The van der Waals surface area contributed by atoms with Crippen LogP contribution in [0.25, 0.3) is 0 Å². The summed E-state index contributed by atoms with van der Waals surface area (Å²) in [6.07, 6.45) is 0.224. The third kappa shape index (κ3) is 5.12. The number of nitrogens with one attached hydrogen (secondary N) is 1. The first kappa shape index (κ1) is 17.5. The first-order valence-electron chi connectivity index (χ1n) is 7.96. The van der Waals surface area contributed by atoms with Crippen molar-refractivity contribution in [3.63, 3.8) is 0 Å². The molecule has 0 spiro atoms. The highest BCUT2D eigenvalue weighted by atomic mass is 16.5. The molecule has 2 rings (SSSR count). The van der Waals surface area contributed by atoms with Gasteiger partial charge in [0.1, 0.15) is 5.75 Å². The fourth-order valence-electron chi connectivity index (χ4n) is 2.32. The first-order valence-corrected chi connectivity index (χ1v) is 7.96. The molecule has 5 heteroatoms. The molecule has 5 nitrogen and oxygen atoms in total. The highest BCUT2D eigenvalue weighted by Crippen LogP contribution is 2.20. The molecule has 0 saturated carbocycles. The van der Waals surface area contributed by atoms with E-state index in [0.29, 0.717) is 13.2 Å². The van der Waals surface area contributed by atoms with Gasteiger partial charge in [0, 0.05) is 31.3 Å². The third-order valence-electron chi connectivity index (χ3n) is 3.46. The highest BCUT2D eigenvalue weighted by Gasteiger charge is 2.13. The van der Waals surface area contributed by atoms with E-state index in [0.717, 1.165) is 17.1 Å². The Bertz CT molecular complexity index is 669. The molecule has 126 valence electrons. The Morgan fingerprint density at radius 1 is 1.04 bits per heavy atom. The van der Waals surface area contributed by atoms with Crippen molar-refractivity contribution in [1.82, 2.24) is 0 Å². The summed E-state index contributed by atoms with van der Waals surface area (Å²) in [4.78, 5) is 25.5. The van der Waals surface area contributed by atoms with Crippen LogP contribution >= 0.6 is 0 Å². The maximum Gasteiger partial charge on any atom is 0.226 e. The molecule has 2 amide bonds. The number of nitrogens with zero attached hydrogens (tertiary/aromatic N) is 1. The van der Waals surface area contributed by atoms with Gasteiger partial charge >= 0.3 is 0 Å². The smallest absolute Gasteiger partial charge is 0.226 e. The second-order valence-corrected chi connectivity index (χ2v) is 5.26. The van der Waals surface area contributed by atoms with E-state index >= 15 is 0 Å². The molecule has 0 bridgehead atoms. The van der Waals surface area contributed by atoms with Gasteiger partial charge < -0.3 is 15.0 Å². The second kappa shape index (κ2) is 8.72. The van der Waals surface area contributed by atoms with Crippen LogP contribution in [0.5, 0.6) is 5.75 Å². The molecule has 0 aliphatic carbocycles. The van der Waals surface area contributed by atoms with Crippen LogP contribution in [0.1, 0.15) is 20.3 Å². The normalized spacial score (nSPS) is 10.1. The average molecular weight is 326 g/mol. The summed E-state index contributed by atoms with van der Waals surface area (Å²) in [6.45, 7) is 4.32. The predicted molar refractivity (Wildman–Crippen MR) is 95.3 cm³/mol. The predicted octanol–water partition coefficient (Wildman–Crippen LogP) is 3.47. The van der Waals surface area contributed by atoms with Crippen LogP contribution in [0, 0.1) is 0 Å². The van der Waals surface area contributed by atoms with E-state index in [4.69, 9.17) is 4.74 Å². The van der Waals surface area contributed by atoms with Gasteiger partial charge in [0.2, 0.25) is 11.8 Å². The summed E-state index contributed by atoms with van der Waals surface area (Å²) in [5.74, 6) is 0.525. The van der Waals surface area contributed by atoms with E-state index < -0.39 is 0 Å². The number of benzene rings is 2. The molecule has 1 N–H and O–H groups in total. The van der Waals surface area contributed by atoms with Gasteiger partial charge in [-0.05, 0) is 43.3 Å². The van der Waals surface area contributed by atoms with E-state index in [9.17, 15) is 9.59 Å². The van der Waals surface area contributed by atoms with E-state index in [-0.39, 0.29) is 18.2 Å².